The third-order valence-electron chi connectivity index (χ3n) is 4.03. The minimum Gasteiger partial charge on any atom is -0.480 e. The number of rotatable bonds is 12. The number of carboxylic acids is 1. The van der Waals surface area contributed by atoms with Gasteiger partial charge in [-0.2, -0.15) is 15.0 Å². The van der Waals surface area contributed by atoms with E-state index in [0.717, 1.165) is 6.54 Å². The quantitative estimate of drug-likeness (QED) is 0.180. The van der Waals surface area contributed by atoms with Crippen molar-refractivity contribution < 1.29 is 28.9 Å². The molecule has 0 fully saturated rings. The summed E-state index contributed by atoms with van der Waals surface area (Å²) in [6.07, 6.45) is -0.0891. The Labute approximate surface area is 209 Å². The number of nitrogens with one attached hydrogen (secondary N) is 4. The van der Waals surface area contributed by atoms with E-state index in [2.05, 4.69) is 36.2 Å². The summed E-state index contributed by atoms with van der Waals surface area (Å²) in [6, 6.07) is -2.79. The maximum absolute atomic E-state index is 11.7. The Morgan fingerprint density at radius 3 is 2.06 bits per heavy atom. The van der Waals surface area contributed by atoms with Gasteiger partial charge < -0.3 is 37.0 Å². The standard InChI is InChI=1S/C11H22N3O6P.C8H14ClN5/c1-6(9(15)14-7(2)11(17)18)13-10(16)8(12)4-5-21(3,19)20;1-4-10-7-12-6(9)13-8(14-7)11-5(2)3/h6-8H,4-5,12H2,1-3H3,(H,13,16)(H,14,15)(H,17,18)(H,19,20);5H,4H2,1-3H3,(H2,10,11,12,13,14)/t6-,7-,8-;/m0./s1. The number of carbonyl (C=O) groups excluding carboxylic acids is 2. The Morgan fingerprint density at radius 1 is 1.03 bits per heavy atom. The smallest absolute Gasteiger partial charge is 0.325 e. The molecular formula is C19H36ClN8O6P. The molecule has 14 nitrogen and oxygen atoms in total. The van der Waals surface area contributed by atoms with Crippen LogP contribution in [-0.2, 0) is 18.9 Å². The van der Waals surface area contributed by atoms with E-state index in [1.165, 1.54) is 20.5 Å². The first-order valence-corrected chi connectivity index (χ1v) is 13.5. The van der Waals surface area contributed by atoms with E-state index in [-0.39, 0.29) is 23.9 Å². The third kappa shape index (κ3) is 15.1. The maximum Gasteiger partial charge on any atom is 0.325 e. The van der Waals surface area contributed by atoms with Crippen molar-refractivity contribution in [1.82, 2.24) is 25.6 Å². The highest BCUT2D eigenvalue weighted by molar-refractivity contribution is 7.57. The lowest BCUT2D eigenvalue weighted by molar-refractivity contribution is -0.141. The number of hydrogen-bond donors (Lipinski definition) is 7. The van der Waals surface area contributed by atoms with Crippen LogP contribution in [0, 0.1) is 0 Å². The lowest BCUT2D eigenvalue weighted by Gasteiger charge is -2.19. The molecular weight excluding hydrogens is 503 g/mol. The molecule has 1 aromatic rings. The Kier molecular flexibility index (Phi) is 14.3. The molecule has 0 radical (unpaired) electrons. The number of aromatic nitrogens is 3. The van der Waals surface area contributed by atoms with Crippen LogP contribution < -0.4 is 27.0 Å². The van der Waals surface area contributed by atoms with Gasteiger partial charge in [-0.15, -0.1) is 0 Å². The first kappa shape index (κ1) is 32.5. The summed E-state index contributed by atoms with van der Waals surface area (Å²) >= 11 is 5.73. The summed E-state index contributed by atoms with van der Waals surface area (Å²) < 4.78 is 11.1. The minimum atomic E-state index is -3.25. The number of nitrogens with zero attached hydrogens (tertiary/aromatic N) is 3. The Bertz CT molecular complexity index is 900. The number of halogens is 1. The molecule has 2 amide bonds. The van der Waals surface area contributed by atoms with E-state index in [0.29, 0.717) is 11.9 Å². The molecule has 16 heteroatoms. The molecule has 8 N–H and O–H groups in total. The lowest BCUT2D eigenvalue weighted by atomic mass is 10.2. The zero-order valence-corrected chi connectivity index (χ0v) is 22.4. The monoisotopic (exact) mass is 538 g/mol. The van der Waals surface area contributed by atoms with Gasteiger partial charge in [0.2, 0.25) is 29.0 Å². The predicted molar refractivity (Wildman–Crippen MR) is 134 cm³/mol. The summed E-state index contributed by atoms with van der Waals surface area (Å²) in [5.41, 5.74) is 5.55. The van der Waals surface area contributed by atoms with Crippen LogP contribution >= 0.6 is 19.0 Å². The largest absolute Gasteiger partial charge is 0.480 e. The normalized spacial score (nSPS) is 14.9. The molecule has 0 saturated carbocycles. The highest BCUT2D eigenvalue weighted by atomic mass is 35.5. The second kappa shape index (κ2) is 15.5. The van der Waals surface area contributed by atoms with E-state index in [4.69, 9.17) is 27.3 Å². The zero-order chi connectivity index (χ0) is 27.3. The third-order valence-corrected chi connectivity index (χ3v) is 5.29. The van der Waals surface area contributed by atoms with Gasteiger partial charge in [0.05, 0.1) is 6.04 Å². The molecule has 1 unspecified atom stereocenters. The van der Waals surface area contributed by atoms with E-state index in [1.807, 2.05) is 20.8 Å². The number of aliphatic carboxylic acids is 1. The van der Waals surface area contributed by atoms with E-state index in [1.54, 1.807) is 0 Å². The van der Waals surface area contributed by atoms with Gasteiger partial charge in [-0.25, -0.2) is 0 Å². The number of nitrogens with two attached hydrogens (primary N) is 1. The van der Waals surface area contributed by atoms with Gasteiger partial charge in [-0.1, -0.05) is 0 Å². The molecule has 0 aromatic carbocycles. The number of carbonyl (C=O) groups is 3. The average molecular weight is 539 g/mol. The van der Waals surface area contributed by atoms with Crippen molar-refractivity contribution in [3.63, 3.8) is 0 Å². The van der Waals surface area contributed by atoms with Crippen molar-refractivity contribution in [3.8, 4) is 0 Å². The molecule has 0 aliphatic heterocycles. The Balaban J connectivity index is 0.000000712. The number of carboxylic acid groups (broad SMARTS) is 1. The van der Waals surface area contributed by atoms with Crippen molar-refractivity contribution in [1.29, 1.82) is 0 Å². The molecule has 1 aromatic heterocycles. The second-order valence-electron chi connectivity index (χ2n) is 8.05. The lowest BCUT2D eigenvalue weighted by Crippen LogP contribution is -2.52. The molecule has 0 saturated heterocycles. The highest BCUT2D eigenvalue weighted by Crippen LogP contribution is 2.35. The number of anilines is 2. The van der Waals surface area contributed by atoms with Crippen molar-refractivity contribution in [2.45, 2.75) is 65.2 Å². The Hall–Kier alpha value is -2.54. The average Bonchev–Trinajstić information content (AvgIpc) is 2.70. The second-order valence-corrected chi connectivity index (χ2v) is 10.9. The molecule has 1 rings (SSSR count). The molecule has 200 valence electrons. The van der Waals surface area contributed by atoms with Gasteiger partial charge in [0.1, 0.15) is 12.1 Å². The van der Waals surface area contributed by atoms with Crippen LogP contribution in [0.1, 0.15) is 41.0 Å². The Morgan fingerprint density at radius 2 is 1.57 bits per heavy atom. The molecule has 4 atom stereocenters. The molecule has 1 heterocycles. The molecule has 0 aliphatic rings. The first-order valence-electron chi connectivity index (χ1n) is 10.9. The summed E-state index contributed by atoms with van der Waals surface area (Å²) in [4.78, 5) is 55.0. The fourth-order valence-corrected chi connectivity index (χ4v) is 3.12. The summed E-state index contributed by atoms with van der Waals surface area (Å²) in [6.45, 7) is 10.6. The summed E-state index contributed by atoms with van der Waals surface area (Å²) in [5, 5.41) is 19.4. The number of hydrogen-bond acceptors (Lipinski definition) is 10. The van der Waals surface area contributed by atoms with Crippen LogP contribution in [0.4, 0.5) is 11.9 Å². The van der Waals surface area contributed by atoms with Gasteiger partial charge in [-0.3, -0.25) is 18.9 Å². The van der Waals surface area contributed by atoms with Gasteiger partial charge >= 0.3 is 5.97 Å². The molecule has 0 spiro atoms. The van der Waals surface area contributed by atoms with E-state index >= 15 is 0 Å². The van der Waals surface area contributed by atoms with Crippen molar-refractivity contribution >= 4 is 48.7 Å². The molecule has 0 bridgehead atoms. The summed E-state index contributed by atoms with van der Waals surface area (Å²) in [5.74, 6) is -1.50. The van der Waals surface area contributed by atoms with Gasteiger partial charge in [0, 0.05) is 25.4 Å². The maximum atomic E-state index is 11.7. The van der Waals surface area contributed by atoms with Crippen LogP contribution in [0.5, 0.6) is 0 Å². The first-order chi connectivity index (χ1) is 16.0. The van der Waals surface area contributed by atoms with Crippen LogP contribution in [0.2, 0.25) is 5.28 Å². The summed E-state index contributed by atoms with van der Waals surface area (Å²) in [7, 11) is -3.25. The van der Waals surface area contributed by atoms with Crippen molar-refractivity contribution in [2.24, 2.45) is 5.73 Å². The van der Waals surface area contributed by atoms with Crippen LogP contribution in [-0.4, -0.2) is 86.3 Å². The van der Waals surface area contributed by atoms with E-state index in [9.17, 15) is 18.9 Å². The minimum absolute atomic E-state index is 0.00990. The predicted octanol–water partition coefficient (Wildman–Crippen LogP) is 0.475. The number of amides is 2. The van der Waals surface area contributed by atoms with E-state index < -0.39 is 43.3 Å². The van der Waals surface area contributed by atoms with Crippen LogP contribution in [0.15, 0.2) is 0 Å². The topological polar surface area (TPSA) is 222 Å². The fourth-order valence-electron chi connectivity index (χ4n) is 2.21. The zero-order valence-electron chi connectivity index (χ0n) is 20.7. The van der Waals surface area contributed by atoms with Gasteiger partial charge in [0.25, 0.3) is 0 Å². The fraction of sp³-hybridized carbons (Fsp3) is 0.684. The van der Waals surface area contributed by atoms with Gasteiger partial charge in [-0.05, 0) is 52.6 Å². The SMILES string of the molecule is CCNc1nc(Cl)nc(NC(C)C)n1.C[C@H](NC(=O)[C@H](C)NC(=O)[C@@H](N)CCP(C)(=O)O)C(=O)O. The molecule has 0 aliphatic carbocycles. The van der Waals surface area contributed by atoms with Crippen molar-refractivity contribution in [3.05, 3.63) is 5.28 Å². The van der Waals surface area contributed by atoms with Crippen molar-refractivity contribution in [2.75, 3.05) is 30.0 Å². The highest BCUT2D eigenvalue weighted by Gasteiger charge is 2.24. The van der Waals surface area contributed by atoms with Gasteiger partial charge in [0.15, 0.2) is 7.37 Å². The van der Waals surface area contributed by atoms with Crippen LogP contribution in [0.3, 0.4) is 0 Å². The van der Waals surface area contributed by atoms with Crippen LogP contribution in [0.25, 0.3) is 0 Å². The molecule has 35 heavy (non-hydrogen) atoms.